The number of nitrogens with zero attached hydrogens (tertiary/aromatic N) is 4. The molecule has 142 valence electrons. The Bertz CT molecular complexity index is 988. The third kappa shape index (κ3) is 3.49. The lowest BCUT2D eigenvalue weighted by atomic mass is 9.90. The largest absolute Gasteiger partial charge is 0.332 e. The summed E-state index contributed by atoms with van der Waals surface area (Å²) in [6.07, 6.45) is 5.61. The molecule has 0 bridgehead atoms. The molecular formula is C20H20N6O2. The molecule has 1 aliphatic rings. The van der Waals surface area contributed by atoms with E-state index < -0.39 is 17.4 Å². The Morgan fingerprint density at radius 2 is 1.82 bits per heavy atom. The maximum Gasteiger partial charge on any atom is 0.315 e. The highest BCUT2D eigenvalue weighted by molar-refractivity contribution is 6.39. The van der Waals surface area contributed by atoms with E-state index in [9.17, 15) is 9.59 Å². The van der Waals surface area contributed by atoms with E-state index in [1.807, 2.05) is 30.3 Å². The predicted molar refractivity (Wildman–Crippen MR) is 103 cm³/mol. The number of pyridine rings is 1. The summed E-state index contributed by atoms with van der Waals surface area (Å²) in [5.74, 6) is -1.03. The standard InChI is InChI=1S/C20H20N6O2/c21-20(15-4-2-1-3-5-15)9-13-25(14-20)19(28)18(27)23-17-8-12-26(24-17)16-6-10-22-11-7-16/h1-8,10-12H,9,13-14,21H2,(H,23,24,27). The van der Waals surface area contributed by atoms with Crippen LogP contribution in [0.5, 0.6) is 0 Å². The first-order valence-corrected chi connectivity index (χ1v) is 8.96. The molecule has 2 amide bonds. The summed E-state index contributed by atoms with van der Waals surface area (Å²) in [7, 11) is 0. The smallest absolute Gasteiger partial charge is 0.315 e. The Hall–Kier alpha value is -3.52. The number of amides is 2. The summed E-state index contributed by atoms with van der Waals surface area (Å²) >= 11 is 0. The van der Waals surface area contributed by atoms with Gasteiger partial charge in [-0.15, -0.1) is 0 Å². The minimum Gasteiger partial charge on any atom is -0.332 e. The maximum atomic E-state index is 12.6. The van der Waals surface area contributed by atoms with Crippen LogP contribution < -0.4 is 11.1 Å². The van der Waals surface area contributed by atoms with Crippen molar-refractivity contribution in [2.75, 3.05) is 18.4 Å². The fourth-order valence-electron chi connectivity index (χ4n) is 3.36. The fraction of sp³-hybridized carbons (Fsp3) is 0.200. The predicted octanol–water partition coefficient (Wildman–Crippen LogP) is 1.29. The normalized spacial score (nSPS) is 18.8. The van der Waals surface area contributed by atoms with E-state index in [0.29, 0.717) is 25.3 Å². The zero-order chi connectivity index (χ0) is 19.6. The molecule has 28 heavy (non-hydrogen) atoms. The fourth-order valence-corrected chi connectivity index (χ4v) is 3.36. The molecule has 3 N–H and O–H groups in total. The monoisotopic (exact) mass is 376 g/mol. The third-order valence-corrected chi connectivity index (χ3v) is 4.89. The number of benzene rings is 1. The number of aromatic nitrogens is 3. The van der Waals surface area contributed by atoms with Gasteiger partial charge in [-0.05, 0) is 24.1 Å². The summed E-state index contributed by atoms with van der Waals surface area (Å²) in [5, 5.41) is 6.82. The quantitative estimate of drug-likeness (QED) is 0.670. The van der Waals surface area contributed by atoms with Crippen LogP contribution in [0.2, 0.25) is 0 Å². The van der Waals surface area contributed by atoms with Crippen molar-refractivity contribution < 1.29 is 9.59 Å². The first-order chi connectivity index (χ1) is 13.5. The lowest BCUT2D eigenvalue weighted by molar-refractivity contribution is -0.142. The first kappa shape index (κ1) is 17.9. The van der Waals surface area contributed by atoms with Crippen molar-refractivity contribution in [3.05, 3.63) is 72.7 Å². The molecule has 0 saturated carbocycles. The second-order valence-corrected chi connectivity index (χ2v) is 6.80. The number of anilines is 1. The maximum absolute atomic E-state index is 12.6. The summed E-state index contributed by atoms with van der Waals surface area (Å²) < 4.78 is 1.60. The second-order valence-electron chi connectivity index (χ2n) is 6.80. The lowest BCUT2D eigenvalue weighted by Gasteiger charge is -2.24. The van der Waals surface area contributed by atoms with Crippen molar-refractivity contribution in [3.63, 3.8) is 0 Å². The van der Waals surface area contributed by atoms with Crippen molar-refractivity contribution in [1.29, 1.82) is 0 Å². The number of nitrogens with two attached hydrogens (primary N) is 1. The average Bonchev–Trinajstić information content (AvgIpc) is 3.36. The van der Waals surface area contributed by atoms with Gasteiger partial charge in [0.2, 0.25) is 0 Å². The average molecular weight is 376 g/mol. The van der Waals surface area contributed by atoms with E-state index in [1.54, 1.807) is 41.5 Å². The number of rotatable bonds is 3. The summed E-state index contributed by atoms with van der Waals surface area (Å²) in [6, 6.07) is 14.9. The van der Waals surface area contributed by atoms with Crippen LogP contribution in [0, 0.1) is 0 Å². The van der Waals surface area contributed by atoms with Crippen molar-refractivity contribution in [3.8, 4) is 5.69 Å². The molecule has 3 aromatic rings. The third-order valence-electron chi connectivity index (χ3n) is 4.89. The Morgan fingerprint density at radius 3 is 2.57 bits per heavy atom. The number of likely N-dealkylation sites (tertiary alicyclic amines) is 1. The number of carbonyl (C=O) groups is 2. The van der Waals surface area contributed by atoms with Crippen LogP contribution in [0.15, 0.2) is 67.1 Å². The van der Waals surface area contributed by atoms with E-state index in [-0.39, 0.29) is 0 Å². The molecule has 4 rings (SSSR count). The van der Waals surface area contributed by atoms with Gasteiger partial charge >= 0.3 is 11.8 Å². The molecule has 1 aliphatic heterocycles. The number of carbonyl (C=O) groups excluding carboxylic acids is 2. The van der Waals surface area contributed by atoms with Gasteiger partial charge in [0, 0.05) is 37.7 Å². The molecule has 0 aliphatic carbocycles. The molecule has 0 radical (unpaired) electrons. The SMILES string of the molecule is NC1(c2ccccc2)CCN(C(=O)C(=O)Nc2ccn(-c3ccncc3)n2)C1. The van der Waals surface area contributed by atoms with E-state index >= 15 is 0 Å². The highest BCUT2D eigenvalue weighted by Gasteiger charge is 2.39. The molecular weight excluding hydrogens is 356 g/mol. The van der Waals surface area contributed by atoms with Gasteiger partial charge in [0.25, 0.3) is 0 Å². The molecule has 1 unspecified atom stereocenters. The molecule has 1 aromatic carbocycles. The zero-order valence-electron chi connectivity index (χ0n) is 15.2. The van der Waals surface area contributed by atoms with Crippen LogP contribution >= 0.6 is 0 Å². The summed E-state index contributed by atoms with van der Waals surface area (Å²) in [4.78, 5) is 30.4. The van der Waals surface area contributed by atoms with Gasteiger partial charge in [0.05, 0.1) is 11.2 Å². The molecule has 1 saturated heterocycles. The van der Waals surface area contributed by atoms with Gasteiger partial charge in [-0.2, -0.15) is 5.10 Å². The summed E-state index contributed by atoms with van der Waals surface area (Å²) in [5.41, 5.74) is 7.61. The number of hydrogen-bond donors (Lipinski definition) is 2. The molecule has 2 aromatic heterocycles. The summed E-state index contributed by atoms with van der Waals surface area (Å²) in [6.45, 7) is 0.734. The van der Waals surface area contributed by atoms with Gasteiger partial charge < -0.3 is 16.0 Å². The minimum absolute atomic E-state index is 0.300. The lowest BCUT2D eigenvalue weighted by Crippen LogP contribution is -2.44. The van der Waals surface area contributed by atoms with Crippen molar-refractivity contribution in [2.24, 2.45) is 5.73 Å². The molecule has 3 heterocycles. The minimum atomic E-state index is -0.725. The van der Waals surface area contributed by atoms with Crippen LogP contribution in [0.25, 0.3) is 5.69 Å². The highest BCUT2D eigenvalue weighted by atomic mass is 16.2. The van der Waals surface area contributed by atoms with Crippen LogP contribution in [0.4, 0.5) is 5.82 Å². The van der Waals surface area contributed by atoms with Gasteiger partial charge in [-0.1, -0.05) is 30.3 Å². The number of nitrogens with one attached hydrogen (secondary N) is 1. The molecule has 0 spiro atoms. The van der Waals surface area contributed by atoms with Crippen LogP contribution in [-0.4, -0.2) is 44.6 Å². The van der Waals surface area contributed by atoms with E-state index in [2.05, 4.69) is 15.4 Å². The van der Waals surface area contributed by atoms with Gasteiger partial charge in [0.1, 0.15) is 0 Å². The Morgan fingerprint density at radius 1 is 1.07 bits per heavy atom. The molecule has 8 heteroatoms. The van der Waals surface area contributed by atoms with Gasteiger partial charge in [0.15, 0.2) is 5.82 Å². The van der Waals surface area contributed by atoms with E-state index in [1.165, 1.54) is 4.90 Å². The van der Waals surface area contributed by atoms with E-state index in [0.717, 1.165) is 11.3 Å². The van der Waals surface area contributed by atoms with Crippen LogP contribution in [0.1, 0.15) is 12.0 Å². The zero-order valence-corrected chi connectivity index (χ0v) is 15.2. The van der Waals surface area contributed by atoms with Crippen molar-refractivity contribution >= 4 is 17.6 Å². The second kappa shape index (κ2) is 7.24. The van der Waals surface area contributed by atoms with Gasteiger partial charge in [-0.3, -0.25) is 14.6 Å². The molecule has 1 atom stereocenters. The van der Waals surface area contributed by atoms with Crippen LogP contribution in [-0.2, 0) is 15.1 Å². The number of hydrogen-bond acceptors (Lipinski definition) is 5. The van der Waals surface area contributed by atoms with Gasteiger partial charge in [-0.25, -0.2) is 4.68 Å². The van der Waals surface area contributed by atoms with Crippen molar-refractivity contribution in [2.45, 2.75) is 12.0 Å². The van der Waals surface area contributed by atoms with E-state index in [4.69, 9.17) is 5.73 Å². The molecule has 8 nitrogen and oxygen atoms in total. The first-order valence-electron chi connectivity index (χ1n) is 8.96. The Kier molecular flexibility index (Phi) is 4.62. The molecule has 1 fully saturated rings. The Balaban J connectivity index is 1.41. The topological polar surface area (TPSA) is 106 Å². The Labute approximate surface area is 162 Å². The van der Waals surface area contributed by atoms with Crippen molar-refractivity contribution in [1.82, 2.24) is 19.7 Å². The highest BCUT2D eigenvalue weighted by Crippen LogP contribution is 2.29. The van der Waals surface area contributed by atoms with Crippen LogP contribution in [0.3, 0.4) is 0 Å².